The first-order valence-electron chi connectivity index (χ1n) is 3.44. The smallest absolute Gasteiger partial charge is 0.0677 e. The van der Waals surface area contributed by atoms with E-state index in [9.17, 15) is 0 Å². The topological polar surface area (TPSA) is 44.0 Å². The average molecular weight is 159 g/mol. The Hall–Kier alpha value is -0.200. The van der Waals surface area contributed by atoms with Crippen molar-refractivity contribution >= 4 is 11.8 Å². The second-order valence-electron chi connectivity index (χ2n) is 2.00. The zero-order valence-electron chi connectivity index (χ0n) is 6.21. The van der Waals surface area contributed by atoms with Gasteiger partial charge in [-0.05, 0) is 17.9 Å². The summed E-state index contributed by atoms with van der Waals surface area (Å²) in [6.07, 6.45) is 0.597. The summed E-state index contributed by atoms with van der Waals surface area (Å²) >= 11 is 1.79. The number of aliphatic hydroxyl groups is 1. The van der Waals surface area contributed by atoms with E-state index < -0.39 is 6.10 Å². The highest BCUT2D eigenvalue weighted by Gasteiger charge is 2.00. The Bertz CT molecular complexity index is 111. The fraction of sp³-hybridized carbons (Fsp3) is 0.857. The van der Waals surface area contributed by atoms with Gasteiger partial charge in [0, 0.05) is 0 Å². The van der Waals surface area contributed by atoms with Crippen molar-refractivity contribution in [3.8, 4) is 6.07 Å². The highest BCUT2D eigenvalue weighted by atomic mass is 32.2. The van der Waals surface area contributed by atoms with Crippen LogP contribution in [0.15, 0.2) is 0 Å². The lowest BCUT2D eigenvalue weighted by molar-refractivity contribution is 0.177. The molecule has 1 unspecified atom stereocenters. The largest absolute Gasteiger partial charge is 0.392 e. The zero-order valence-corrected chi connectivity index (χ0v) is 7.02. The van der Waals surface area contributed by atoms with Crippen molar-refractivity contribution in [2.75, 3.05) is 11.5 Å². The molecule has 10 heavy (non-hydrogen) atoms. The number of thioether (sulfide) groups is 1. The lowest BCUT2D eigenvalue weighted by atomic mass is 10.2. The molecule has 0 heterocycles. The third-order valence-corrected chi connectivity index (χ3v) is 2.06. The maximum atomic E-state index is 9.04. The molecule has 0 aliphatic rings. The summed E-state index contributed by atoms with van der Waals surface area (Å²) < 4.78 is 0. The van der Waals surface area contributed by atoms with Gasteiger partial charge in [0.2, 0.25) is 0 Å². The Morgan fingerprint density at radius 3 is 2.90 bits per heavy atom. The first-order valence-corrected chi connectivity index (χ1v) is 4.59. The van der Waals surface area contributed by atoms with Crippen molar-refractivity contribution in [2.24, 2.45) is 0 Å². The molecule has 0 aliphatic carbocycles. The molecule has 0 aromatic rings. The third kappa shape index (κ3) is 5.93. The van der Waals surface area contributed by atoms with E-state index in [-0.39, 0.29) is 6.42 Å². The summed E-state index contributed by atoms with van der Waals surface area (Å²) in [5.41, 5.74) is 0. The molecule has 0 rings (SSSR count). The zero-order chi connectivity index (χ0) is 7.82. The first-order chi connectivity index (χ1) is 4.81. The van der Waals surface area contributed by atoms with Gasteiger partial charge in [0.1, 0.15) is 0 Å². The summed E-state index contributed by atoms with van der Waals surface area (Å²) in [4.78, 5) is 0. The Morgan fingerprint density at radius 1 is 1.70 bits per heavy atom. The fourth-order valence-corrected chi connectivity index (χ4v) is 1.30. The number of aliphatic hydroxyl groups excluding tert-OH is 1. The van der Waals surface area contributed by atoms with Gasteiger partial charge in [0.25, 0.3) is 0 Å². The van der Waals surface area contributed by atoms with Crippen LogP contribution in [0, 0.1) is 11.3 Å². The van der Waals surface area contributed by atoms with E-state index in [1.165, 1.54) is 0 Å². The van der Waals surface area contributed by atoms with Gasteiger partial charge in [0.05, 0.1) is 18.6 Å². The molecule has 3 heteroatoms. The van der Waals surface area contributed by atoms with Crippen molar-refractivity contribution in [1.29, 1.82) is 5.26 Å². The number of nitriles is 1. The third-order valence-electron chi connectivity index (χ3n) is 1.13. The van der Waals surface area contributed by atoms with Crippen LogP contribution in [-0.4, -0.2) is 22.7 Å². The van der Waals surface area contributed by atoms with Crippen molar-refractivity contribution < 1.29 is 5.11 Å². The van der Waals surface area contributed by atoms with E-state index in [2.05, 4.69) is 6.92 Å². The standard InChI is InChI=1S/C7H13NOS/c1-2-10-6-4-7(9)3-5-8/h7,9H,2-4,6H2,1H3. The van der Waals surface area contributed by atoms with Crippen LogP contribution in [0.1, 0.15) is 19.8 Å². The molecule has 1 N–H and O–H groups in total. The van der Waals surface area contributed by atoms with Crippen LogP contribution >= 0.6 is 11.8 Å². The second-order valence-corrected chi connectivity index (χ2v) is 3.40. The van der Waals surface area contributed by atoms with Gasteiger partial charge in [-0.25, -0.2) is 0 Å². The molecule has 0 amide bonds. The maximum Gasteiger partial charge on any atom is 0.0677 e. The van der Waals surface area contributed by atoms with E-state index in [1.54, 1.807) is 11.8 Å². The molecule has 0 aromatic carbocycles. The van der Waals surface area contributed by atoms with E-state index in [1.807, 2.05) is 6.07 Å². The fourth-order valence-electron chi connectivity index (χ4n) is 0.571. The van der Waals surface area contributed by atoms with Crippen LogP contribution in [0.4, 0.5) is 0 Å². The SMILES string of the molecule is CCSCCC(O)CC#N. The summed E-state index contributed by atoms with van der Waals surface area (Å²) in [6.45, 7) is 2.08. The second kappa shape index (κ2) is 6.91. The van der Waals surface area contributed by atoms with Gasteiger partial charge in [0.15, 0.2) is 0 Å². The van der Waals surface area contributed by atoms with Gasteiger partial charge in [-0.1, -0.05) is 6.92 Å². The summed E-state index contributed by atoms with van der Waals surface area (Å²) in [5, 5.41) is 17.2. The lowest BCUT2D eigenvalue weighted by Gasteiger charge is -2.03. The van der Waals surface area contributed by atoms with Crippen molar-refractivity contribution in [1.82, 2.24) is 0 Å². The first kappa shape index (κ1) is 9.80. The van der Waals surface area contributed by atoms with Crippen molar-refractivity contribution in [2.45, 2.75) is 25.9 Å². The molecule has 1 atom stereocenters. The molecule has 2 nitrogen and oxygen atoms in total. The number of hydrogen-bond acceptors (Lipinski definition) is 3. The van der Waals surface area contributed by atoms with E-state index in [0.29, 0.717) is 0 Å². The Labute approximate surface area is 66.2 Å². The van der Waals surface area contributed by atoms with Crippen LogP contribution in [0.3, 0.4) is 0 Å². The van der Waals surface area contributed by atoms with E-state index in [4.69, 9.17) is 10.4 Å². The summed E-state index contributed by atoms with van der Waals surface area (Å²) in [7, 11) is 0. The van der Waals surface area contributed by atoms with Gasteiger partial charge < -0.3 is 5.11 Å². The molecule has 0 spiro atoms. The van der Waals surface area contributed by atoms with E-state index in [0.717, 1.165) is 17.9 Å². The molecule has 0 fully saturated rings. The predicted octanol–water partition coefficient (Wildman–Crippen LogP) is 1.40. The van der Waals surface area contributed by atoms with Crippen LogP contribution in [-0.2, 0) is 0 Å². The van der Waals surface area contributed by atoms with Gasteiger partial charge in [-0.3, -0.25) is 0 Å². The Balaban J connectivity index is 3.06. The van der Waals surface area contributed by atoms with Crippen molar-refractivity contribution in [3.05, 3.63) is 0 Å². The number of nitrogens with zero attached hydrogens (tertiary/aromatic N) is 1. The highest BCUT2D eigenvalue weighted by molar-refractivity contribution is 7.99. The van der Waals surface area contributed by atoms with Crippen LogP contribution < -0.4 is 0 Å². The van der Waals surface area contributed by atoms with Gasteiger partial charge in [-0.15, -0.1) is 0 Å². The monoisotopic (exact) mass is 159 g/mol. The minimum absolute atomic E-state index is 0.268. The average Bonchev–Trinajstić information content (AvgIpc) is 1.89. The molecule has 0 aliphatic heterocycles. The van der Waals surface area contributed by atoms with Crippen LogP contribution in [0.2, 0.25) is 0 Å². The summed E-state index contributed by atoms with van der Waals surface area (Å²) in [6, 6.07) is 1.94. The predicted molar refractivity (Wildman–Crippen MR) is 43.9 cm³/mol. The highest BCUT2D eigenvalue weighted by Crippen LogP contribution is 2.05. The van der Waals surface area contributed by atoms with Gasteiger partial charge in [-0.2, -0.15) is 17.0 Å². The summed E-state index contributed by atoms with van der Waals surface area (Å²) in [5.74, 6) is 2.04. The normalized spacial score (nSPS) is 12.5. The Kier molecular flexibility index (Phi) is 6.78. The van der Waals surface area contributed by atoms with Crippen molar-refractivity contribution in [3.63, 3.8) is 0 Å². The molecule has 0 saturated heterocycles. The molecular weight excluding hydrogens is 146 g/mol. The quantitative estimate of drug-likeness (QED) is 0.617. The molecule has 0 saturated carbocycles. The lowest BCUT2D eigenvalue weighted by Crippen LogP contribution is -2.05. The number of hydrogen-bond donors (Lipinski definition) is 1. The molecule has 0 radical (unpaired) electrons. The van der Waals surface area contributed by atoms with E-state index >= 15 is 0 Å². The number of rotatable bonds is 5. The van der Waals surface area contributed by atoms with Gasteiger partial charge >= 0.3 is 0 Å². The molecule has 0 bridgehead atoms. The minimum Gasteiger partial charge on any atom is -0.392 e. The minimum atomic E-state index is -0.413. The molecule has 0 aromatic heterocycles. The molecular formula is C7H13NOS. The Morgan fingerprint density at radius 2 is 2.40 bits per heavy atom. The maximum absolute atomic E-state index is 9.04. The molecule has 58 valence electrons. The van der Waals surface area contributed by atoms with Crippen LogP contribution in [0.5, 0.6) is 0 Å². The van der Waals surface area contributed by atoms with Crippen LogP contribution in [0.25, 0.3) is 0 Å².